The van der Waals surface area contributed by atoms with E-state index in [1.165, 1.54) is 6.07 Å². The van der Waals surface area contributed by atoms with Crippen LogP contribution in [0.4, 0.5) is 11.4 Å². The summed E-state index contributed by atoms with van der Waals surface area (Å²) in [6.45, 7) is -1.20. The van der Waals surface area contributed by atoms with Crippen LogP contribution in [0.2, 0.25) is 10.0 Å². The predicted octanol–water partition coefficient (Wildman–Crippen LogP) is -0.251. The van der Waals surface area contributed by atoms with Crippen LogP contribution in [0.3, 0.4) is 0 Å². The maximum Gasteiger partial charge on any atom is 0.293 e. The Morgan fingerprint density at radius 3 is 2.13 bits per heavy atom. The SMILES string of the molecule is O=[N+]([O-])c1cc(Cl)c(Cl)cc1NCC(O)C(O)C(O)C(O)CO. The average Bonchev–Trinajstić information content (AvgIpc) is 2.52. The Bertz CT molecular complexity index is 560. The van der Waals surface area contributed by atoms with Crippen molar-refractivity contribution < 1.29 is 30.5 Å². The van der Waals surface area contributed by atoms with Crippen molar-refractivity contribution in [1.82, 2.24) is 0 Å². The molecule has 0 bridgehead atoms. The zero-order valence-corrected chi connectivity index (χ0v) is 13.1. The molecule has 0 spiro atoms. The minimum Gasteiger partial charge on any atom is -0.394 e. The summed E-state index contributed by atoms with van der Waals surface area (Å²) in [4.78, 5) is 10.2. The van der Waals surface area contributed by atoms with E-state index in [0.29, 0.717) is 0 Å². The number of benzene rings is 1. The molecule has 4 unspecified atom stereocenters. The number of halogens is 2. The van der Waals surface area contributed by atoms with Crippen molar-refractivity contribution in [2.75, 3.05) is 18.5 Å². The number of aliphatic hydroxyl groups excluding tert-OH is 5. The molecule has 1 aromatic carbocycles. The second-order valence-electron chi connectivity index (χ2n) is 4.72. The van der Waals surface area contributed by atoms with Crippen molar-refractivity contribution in [3.8, 4) is 0 Å². The molecular weight excluding hydrogens is 355 g/mol. The predicted molar refractivity (Wildman–Crippen MR) is 82.7 cm³/mol. The van der Waals surface area contributed by atoms with Gasteiger partial charge in [0.05, 0.1) is 27.7 Å². The Morgan fingerprint density at radius 2 is 1.61 bits per heavy atom. The molecule has 1 aromatic rings. The maximum absolute atomic E-state index is 11.0. The number of nitrogens with one attached hydrogen (secondary N) is 1. The molecule has 0 saturated carbocycles. The molecule has 0 amide bonds. The lowest BCUT2D eigenvalue weighted by atomic mass is 10.0. The van der Waals surface area contributed by atoms with E-state index in [2.05, 4.69) is 5.32 Å². The van der Waals surface area contributed by atoms with Crippen molar-refractivity contribution in [3.05, 3.63) is 32.3 Å². The van der Waals surface area contributed by atoms with E-state index < -0.39 is 48.2 Å². The summed E-state index contributed by atoms with van der Waals surface area (Å²) in [5, 5.41) is 60.2. The Hall–Kier alpha value is -1.20. The minimum absolute atomic E-state index is 0.0222. The first-order valence-electron chi connectivity index (χ1n) is 6.39. The zero-order valence-electron chi connectivity index (χ0n) is 11.6. The second-order valence-corrected chi connectivity index (χ2v) is 5.53. The maximum atomic E-state index is 11.0. The number of rotatable bonds is 8. The highest BCUT2D eigenvalue weighted by Crippen LogP contribution is 2.33. The zero-order chi connectivity index (χ0) is 17.7. The van der Waals surface area contributed by atoms with Gasteiger partial charge in [0.25, 0.3) is 5.69 Å². The first-order chi connectivity index (χ1) is 10.7. The fraction of sp³-hybridized carbons (Fsp3) is 0.500. The molecule has 0 aliphatic rings. The van der Waals surface area contributed by atoms with Crippen LogP contribution >= 0.6 is 23.2 Å². The molecule has 6 N–H and O–H groups in total. The molecule has 11 heteroatoms. The van der Waals surface area contributed by atoms with Gasteiger partial charge in [-0.05, 0) is 6.07 Å². The van der Waals surface area contributed by atoms with Gasteiger partial charge in [-0.3, -0.25) is 10.1 Å². The summed E-state index contributed by atoms with van der Waals surface area (Å²) in [6, 6.07) is 2.21. The van der Waals surface area contributed by atoms with E-state index in [1.807, 2.05) is 0 Å². The van der Waals surface area contributed by atoms with Gasteiger partial charge in [0.1, 0.15) is 24.0 Å². The van der Waals surface area contributed by atoms with Crippen LogP contribution in [0.5, 0.6) is 0 Å². The normalized spacial score (nSPS) is 16.5. The quantitative estimate of drug-likeness (QED) is 0.270. The average molecular weight is 371 g/mol. The van der Waals surface area contributed by atoms with Crippen LogP contribution in [-0.2, 0) is 0 Å². The Labute approximate surface area is 140 Å². The Kier molecular flexibility index (Phi) is 7.42. The third-order valence-electron chi connectivity index (χ3n) is 3.06. The van der Waals surface area contributed by atoms with E-state index in [-0.39, 0.29) is 15.7 Å². The number of anilines is 1. The van der Waals surface area contributed by atoms with E-state index >= 15 is 0 Å². The van der Waals surface area contributed by atoms with Crippen molar-refractivity contribution in [2.45, 2.75) is 24.4 Å². The molecule has 0 saturated heterocycles. The summed E-state index contributed by atoms with van der Waals surface area (Å²) < 4.78 is 0. The minimum atomic E-state index is -1.79. The van der Waals surface area contributed by atoms with Gasteiger partial charge in [0, 0.05) is 12.6 Å². The highest BCUT2D eigenvalue weighted by molar-refractivity contribution is 6.42. The van der Waals surface area contributed by atoms with Gasteiger partial charge >= 0.3 is 0 Å². The third-order valence-corrected chi connectivity index (χ3v) is 3.78. The Balaban J connectivity index is 2.81. The first kappa shape index (κ1) is 19.8. The van der Waals surface area contributed by atoms with Crippen LogP contribution in [0.25, 0.3) is 0 Å². The molecule has 4 atom stereocenters. The molecule has 0 fully saturated rings. The molecule has 130 valence electrons. The van der Waals surface area contributed by atoms with E-state index in [4.69, 9.17) is 28.3 Å². The molecular formula is C12H16Cl2N2O7. The van der Waals surface area contributed by atoms with Gasteiger partial charge in [-0.1, -0.05) is 23.2 Å². The van der Waals surface area contributed by atoms with Crippen LogP contribution in [0, 0.1) is 10.1 Å². The summed E-state index contributed by atoms with van der Waals surface area (Å²) in [7, 11) is 0. The fourth-order valence-corrected chi connectivity index (χ4v) is 2.05. The van der Waals surface area contributed by atoms with Crippen LogP contribution < -0.4 is 5.32 Å². The molecule has 0 radical (unpaired) electrons. The monoisotopic (exact) mass is 370 g/mol. The lowest BCUT2D eigenvalue weighted by Crippen LogP contribution is -2.48. The van der Waals surface area contributed by atoms with Gasteiger partial charge in [0.2, 0.25) is 0 Å². The van der Waals surface area contributed by atoms with Gasteiger partial charge in [-0.2, -0.15) is 0 Å². The van der Waals surface area contributed by atoms with Crippen LogP contribution in [-0.4, -0.2) is 68.0 Å². The van der Waals surface area contributed by atoms with E-state index in [0.717, 1.165) is 6.07 Å². The molecule has 1 rings (SSSR count). The number of nitro groups is 1. The van der Waals surface area contributed by atoms with Crippen molar-refractivity contribution in [2.24, 2.45) is 0 Å². The number of nitrogens with zero attached hydrogens (tertiary/aromatic N) is 1. The summed E-state index contributed by atoms with van der Waals surface area (Å²) >= 11 is 11.5. The number of hydrogen-bond acceptors (Lipinski definition) is 8. The van der Waals surface area contributed by atoms with Gasteiger partial charge < -0.3 is 30.8 Å². The van der Waals surface area contributed by atoms with Crippen molar-refractivity contribution in [1.29, 1.82) is 0 Å². The second kappa shape index (κ2) is 8.60. The highest BCUT2D eigenvalue weighted by Gasteiger charge is 2.30. The number of aliphatic hydroxyl groups is 5. The molecule has 0 aliphatic carbocycles. The molecule has 0 aliphatic heterocycles. The molecule has 0 heterocycles. The summed E-state index contributed by atoms with van der Waals surface area (Å²) in [5.74, 6) is 0. The Morgan fingerprint density at radius 1 is 1.09 bits per heavy atom. The van der Waals surface area contributed by atoms with Crippen molar-refractivity contribution in [3.63, 3.8) is 0 Å². The lowest BCUT2D eigenvalue weighted by Gasteiger charge is -2.26. The first-order valence-corrected chi connectivity index (χ1v) is 7.15. The largest absolute Gasteiger partial charge is 0.394 e. The smallest absolute Gasteiger partial charge is 0.293 e. The summed E-state index contributed by atoms with van der Waals surface area (Å²) in [6.07, 6.45) is -6.80. The van der Waals surface area contributed by atoms with Gasteiger partial charge in [0.15, 0.2) is 0 Å². The van der Waals surface area contributed by atoms with E-state index in [9.17, 15) is 30.5 Å². The lowest BCUT2D eigenvalue weighted by molar-refractivity contribution is -0.383. The topological polar surface area (TPSA) is 156 Å². The van der Waals surface area contributed by atoms with Crippen molar-refractivity contribution >= 4 is 34.6 Å². The van der Waals surface area contributed by atoms with Crippen LogP contribution in [0.1, 0.15) is 0 Å². The number of nitro benzene ring substituents is 1. The number of hydrogen-bond donors (Lipinski definition) is 6. The standard InChI is InChI=1S/C12H16Cl2N2O7/c13-5-1-7(8(16(22)23)2-6(5)14)15-3-9(18)11(20)12(21)10(19)4-17/h1-2,9-12,15,17-21H,3-4H2. The molecule has 0 aromatic heterocycles. The van der Waals surface area contributed by atoms with Crippen LogP contribution in [0.15, 0.2) is 12.1 Å². The fourth-order valence-electron chi connectivity index (χ4n) is 1.73. The highest BCUT2D eigenvalue weighted by atomic mass is 35.5. The summed E-state index contributed by atoms with van der Waals surface area (Å²) in [5.41, 5.74) is -0.440. The van der Waals surface area contributed by atoms with E-state index in [1.54, 1.807) is 0 Å². The van der Waals surface area contributed by atoms with Gasteiger partial charge in [-0.15, -0.1) is 0 Å². The third kappa shape index (κ3) is 5.15. The van der Waals surface area contributed by atoms with Gasteiger partial charge in [-0.25, -0.2) is 0 Å². The molecule has 9 nitrogen and oxygen atoms in total. The molecule has 23 heavy (non-hydrogen) atoms.